The molecule has 0 bridgehead atoms. The third-order valence-electron chi connectivity index (χ3n) is 5.94. The zero-order valence-corrected chi connectivity index (χ0v) is 20.7. The number of rotatable bonds is 5. The predicted octanol–water partition coefficient (Wildman–Crippen LogP) is 4.45. The van der Waals surface area contributed by atoms with Crippen molar-refractivity contribution in [3.63, 3.8) is 0 Å². The monoisotopic (exact) mass is 490 g/mol. The van der Waals surface area contributed by atoms with E-state index >= 15 is 0 Å². The summed E-state index contributed by atoms with van der Waals surface area (Å²) in [5.74, 6) is 1.56. The molecular formula is C25H28N8OS. The molecule has 1 atom stereocenters. The van der Waals surface area contributed by atoms with Crippen molar-refractivity contribution in [3.05, 3.63) is 58.8 Å². The molecule has 180 valence electrons. The molecule has 2 N–H and O–H groups in total. The lowest BCUT2D eigenvalue weighted by Crippen LogP contribution is -2.33. The van der Waals surface area contributed by atoms with Crippen LogP contribution in [0.4, 0.5) is 29.1 Å². The van der Waals surface area contributed by atoms with Gasteiger partial charge in [-0.1, -0.05) is 6.07 Å². The number of nitriles is 1. The highest BCUT2D eigenvalue weighted by molar-refractivity contribution is 7.92. The maximum Gasteiger partial charge on any atom is 0.229 e. The zero-order valence-electron chi connectivity index (χ0n) is 21.9. The van der Waals surface area contributed by atoms with Crippen molar-refractivity contribution in [2.75, 3.05) is 36.7 Å². The van der Waals surface area contributed by atoms with Gasteiger partial charge in [-0.3, -0.25) is 0 Å². The molecule has 1 aliphatic heterocycles. The van der Waals surface area contributed by atoms with E-state index in [0.717, 1.165) is 30.4 Å². The number of anilines is 4. The molecule has 1 unspecified atom stereocenters. The van der Waals surface area contributed by atoms with Crippen molar-refractivity contribution < 1.29 is 6.95 Å². The lowest BCUT2D eigenvalue weighted by molar-refractivity contribution is 0.266. The molecule has 1 aromatic carbocycles. The summed E-state index contributed by atoms with van der Waals surface area (Å²) in [7, 11) is -0.550. The number of hydrogen-bond donors (Lipinski definition) is 2. The summed E-state index contributed by atoms with van der Waals surface area (Å²) in [6.07, 6.45) is 7.53. The van der Waals surface area contributed by atoms with Crippen LogP contribution in [-0.4, -0.2) is 50.2 Å². The average Bonchev–Trinajstić information content (AvgIpc) is 2.82. The number of nitrogens with one attached hydrogen (secondary N) is 2. The maximum atomic E-state index is 12.0. The van der Waals surface area contributed by atoms with Crippen LogP contribution in [0.2, 0.25) is 0 Å². The van der Waals surface area contributed by atoms with Gasteiger partial charge in [0.25, 0.3) is 0 Å². The van der Waals surface area contributed by atoms with E-state index in [-0.39, 0.29) is 17.3 Å². The Labute approximate surface area is 208 Å². The van der Waals surface area contributed by atoms with Crippen LogP contribution in [0, 0.1) is 11.3 Å². The van der Waals surface area contributed by atoms with Gasteiger partial charge in [-0.2, -0.15) is 14.6 Å². The minimum absolute atomic E-state index is 0.228. The van der Waals surface area contributed by atoms with E-state index in [0.29, 0.717) is 35.3 Å². The molecule has 5 rings (SSSR count). The van der Waals surface area contributed by atoms with Crippen LogP contribution in [0.15, 0.2) is 40.9 Å². The second kappa shape index (κ2) is 9.24. The summed E-state index contributed by atoms with van der Waals surface area (Å²) < 4.78 is 33.6. The third-order valence-corrected chi connectivity index (χ3v) is 6.56. The molecule has 0 saturated heterocycles. The first kappa shape index (κ1) is 20.8. The van der Waals surface area contributed by atoms with E-state index in [2.05, 4.69) is 42.1 Å². The summed E-state index contributed by atoms with van der Waals surface area (Å²) in [4.78, 5) is 14.9. The van der Waals surface area contributed by atoms with E-state index in [4.69, 9.17) is 2.74 Å². The Kier molecular flexibility index (Phi) is 5.49. The van der Waals surface area contributed by atoms with E-state index in [1.54, 1.807) is 23.1 Å². The lowest BCUT2D eigenvalue weighted by atomic mass is 9.77. The predicted molar refractivity (Wildman–Crippen MR) is 138 cm³/mol. The van der Waals surface area contributed by atoms with Crippen LogP contribution >= 0.6 is 0 Å². The number of aromatic nitrogens is 3. The Balaban J connectivity index is 1.48. The largest absolute Gasteiger partial charge is 0.324 e. The summed E-state index contributed by atoms with van der Waals surface area (Å²) in [6, 6.07) is 11.1. The summed E-state index contributed by atoms with van der Waals surface area (Å²) in [5, 5.41) is 15.8. The van der Waals surface area contributed by atoms with E-state index in [1.807, 2.05) is 13.1 Å². The van der Waals surface area contributed by atoms with Gasteiger partial charge in [-0.25, -0.2) is 14.2 Å². The molecule has 1 aliphatic carbocycles. The minimum Gasteiger partial charge on any atom is -0.324 e. The van der Waals surface area contributed by atoms with E-state index in [1.165, 1.54) is 18.7 Å². The van der Waals surface area contributed by atoms with Gasteiger partial charge in [0.1, 0.15) is 17.5 Å². The molecule has 10 heteroatoms. The normalized spacial score (nSPS) is 19.5. The first-order chi connectivity index (χ1) is 17.5. The van der Waals surface area contributed by atoms with Crippen LogP contribution in [-0.2, 0) is 22.6 Å². The molecule has 0 spiro atoms. The van der Waals surface area contributed by atoms with Gasteiger partial charge < -0.3 is 15.5 Å². The number of hydrogen-bond acceptors (Lipinski definition) is 9. The molecule has 2 aliphatic rings. The Morgan fingerprint density at radius 2 is 2.09 bits per heavy atom. The van der Waals surface area contributed by atoms with Crippen molar-refractivity contribution in [3.8, 4) is 6.07 Å². The SMILES string of the molecule is [2H]C1([2H])c2cc(Nc3ncc(C#N)c(Nc4cccc(N=S(C)(C)=O)n4)n3)cc3c2C(CCC3)CN1C. The van der Waals surface area contributed by atoms with Crippen LogP contribution in [0.1, 0.15) is 43.8 Å². The van der Waals surface area contributed by atoms with E-state index < -0.39 is 16.2 Å². The molecule has 9 nitrogen and oxygen atoms in total. The van der Waals surface area contributed by atoms with Gasteiger partial charge in [-0.15, -0.1) is 0 Å². The Bertz CT molecular complexity index is 1540. The van der Waals surface area contributed by atoms with Crippen LogP contribution < -0.4 is 10.6 Å². The number of pyridine rings is 1. The molecule has 35 heavy (non-hydrogen) atoms. The summed E-state index contributed by atoms with van der Waals surface area (Å²) >= 11 is 0. The van der Waals surface area contributed by atoms with Crippen LogP contribution in [0.25, 0.3) is 0 Å². The van der Waals surface area contributed by atoms with Crippen LogP contribution in [0.5, 0.6) is 0 Å². The van der Waals surface area contributed by atoms with Crippen molar-refractivity contribution in [2.24, 2.45) is 4.36 Å². The Morgan fingerprint density at radius 1 is 1.26 bits per heavy atom. The Hall–Kier alpha value is -3.55. The molecule has 2 aromatic heterocycles. The zero-order chi connectivity index (χ0) is 26.4. The van der Waals surface area contributed by atoms with Crippen molar-refractivity contribution in [2.45, 2.75) is 31.7 Å². The summed E-state index contributed by atoms with van der Waals surface area (Å²) in [5.41, 5.74) is 3.91. The smallest absolute Gasteiger partial charge is 0.229 e. The van der Waals surface area contributed by atoms with Gasteiger partial charge >= 0.3 is 0 Å². The first-order valence-electron chi connectivity index (χ1n) is 12.4. The molecule has 3 heterocycles. The molecular weight excluding hydrogens is 460 g/mol. The number of likely N-dealkylation sites (N-methyl/N-ethyl adjacent to an activating group) is 1. The maximum absolute atomic E-state index is 12.0. The lowest BCUT2D eigenvalue weighted by Gasteiger charge is -2.37. The van der Waals surface area contributed by atoms with E-state index in [9.17, 15) is 9.47 Å². The number of benzene rings is 1. The molecule has 0 fully saturated rings. The van der Waals surface area contributed by atoms with Gasteiger partial charge in [0.15, 0.2) is 11.6 Å². The van der Waals surface area contributed by atoms with Crippen LogP contribution in [0.3, 0.4) is 0 Å². The minimum atomic E-state index is -2.38. The fraction of sp³-hybridized carbons (Fsp3) is 0.360. The topological polar surface area (TPSA) is 119 Å². The second-order valence-electron chi connectivity index (χ2n) is 9.15. The van der Waals surface area contributed by atoms with Crippen molar-refractivity contribution >= 4 is 38.8 Å². The molecule has 0 amide bonds. The second-order valence-corrected chi connectivity index (χ2v) is 11.7. The van der Waals surface area contributed by atoms with Crippen molar-refractivity contribution in [1.82, 2.24) is 19.9 Å². The van der Waals surface area contributed by atoms with Gasteiger partial charge in [-0.05, 0) is 73.2 Å². The summed E-state index contributed by atoms with van der Waals surface area (Å²) in [6.45, 7) is -0.861. The fourth-order valence-electron chi connectivity index (χ4n) is 4.65. The van der Waals surface area contributed by atoms with Crippen molar-refractivity contribution in [1.29, 1.82) is 5.26 Å². The van der Waals surface area contributed by atoms with Gasteiger partial charge in [0.05, 0.1) is 6.20 Å². The standard InChI is InChI=1S/C25H28N8OS/c1-33-14-17-7-4-6-16-10-20(11-18(15-33)23(16)17)28-25-27-13-19(12-26)24(31-25)30-21-8-5-9-22(29-21)32-35(2,3)34/h5,8-11,13,17H,4,6-7,14-15H2,1-3H3,(H2,27,28,29,30,31)/i15D2. The average molecular weight is 491 g/mol. The fourth-order valence-corrected chi connectivity index (χ4v) is 5.21. The van der Waals surface area contributed by atoms with Gasteiger partial charge in [0.2, 0.25) is 5.95 Å². The third kappa shape index (κ3) is 5.26. The highest BCUT2D eigenvalue weighted by atomic mass is 32.2. The highest BCUT2D eigenvalue weighted by Crippen LogP contribution is 2.40. The highest BCUT2D eigenvalue weighted by Gasteiger charge is 2.29. The molecule has 0 radical (unpaired) electrons. The Morgan fingerprint density at radius 3 is 2.89 bits per heavy atom. The molecule has 0 saturated carbocycles. The molecule has 3 aromatic rings. The number of aryl methyl sites for hydroxylation is 1. The van der Waals surface area contributed by atoms with Gasteiger partial charge in [0, 0.05) is 43.7 Å². The number of nitrogens with zero attached hydrogens (tertiary/aromatic N) is 6. The first-order valence-corrected chi connectivity index (χ1v) is 13.7. The quantitative estimate of drug-likeness (QED) is 0.538.